The van der Waals surface area contributed by atoms with E-state index in [0.29, 0.717) is 26.1 Å². The number of nitrogens with one attached hydrogen (secondary N) is 1. The van der Waals surface area contributed by atoms with Crippen LogP contribution in [0.25, 0.3) is 10.9 Å². The highest BCUT2D eigenvalue weighted by atomic mass is 32.2. The van der Waals surface area contributed by atoms with Gasteiger partial charge in [0.05, 0.1) is 17.7 Å². The Hall–Kier alpha value is -1.54. The Balaban J connectivity index is 1.65. The summed E-state index contributed by atoms with van der Waals surface area (Å²) in [4.78, 5) is 4.40. The summed E-state index contributed by atoms with van der Waals surface area (Å²) in [6, 6.07) is 9.87. The first-order valence-corrected chi connectivity index (χ1v) is 9.62. The molecule has 1 aromatic heterocycles. The zero-order chi connectivity index (χ0) is 17.2. The highest BCUT2D eigenvalue weighted by Gasteiger charge is 2.30. The van der Waals surface area contributed by atoms with Crippen LogP contribution in [-0.4, -0.2) is 49.5 Å². The molecule has 130 valence electrons. The van der Waals surface area contributed by atoms with Crippen LogP contribution in [0.2, 0.25) is 0 Å². The molecule has 1 aromatic carbocycles. The summed E-state index contributed by atoms with van der Waals surface area (Å²) >= 11 is 0. The Morgan fingerprint density at radius 3 is 2.67 bits per heavy atom. The van der Waals surface area contributed by atoms with Crippen LogP contribution < -0.4 is 4.72 Å². The first-order chi connectivity index (χ1) is 11.5. The average Bonchev–Trinajstić information content (AvgIpc) is 2.54. The van der Waals surface area contributed by atoms with E-state index in [1.54, 1.807) is 6.20 Å². The second-order valence-corrected chi connectivity index (χ2v) is 7.97. The van der Waals surface area contributed by atoms with E-state index in [0.717, 1.165) is 16.5 Å². The summed E-state index contributed by atoms with van der Waals surface area (Å²) in [6.07, 6.45) is 2.18. The van der Waals surface area contributed by atoms with E-state index >= 15 is 0 Å². The van der Waals surface area contributed by atoms with Crippen LogP contribution in [0.15, 0.2) is 36.5 Å². The molecular formula is C17H23N3O3S. The summed E-state index contributed by atoms with van der Waals surface area (Å²) in [5.74, 6) is 0. The van der Waals surface area contributed by atoms with Gasteiger partial charge < -0.3 is 4.74 Å². The summed E-state index contributed by atoms with van der Waals surface area (Å²) in [6.45, 7) is 4.89. The molecule has 1 aliphatic heterocycles. The van der Waals surface area contributed by atoms with E-state index in [-0.39, 0.29) is 12.2 Å². The van der Waals surface area contributed by atoms with Gasteiger partial charge in [0.2, 0.25) is 0 Å². The van der Waals surface area contributed by atoms with Crippen molar-refractivity contribution in [1.29, 1.82) is 0 Å². The molecule has 1 saturated heterocycles. The van der Waals surface area contributed by atoms with Crippen LogP contribution in [-0.2, 0) is 21.4 Å². The van der Waals surface area contributed by atoms with E-state index < -0.39 is 10.2 Å². The Kier molecular flexibility index (Phi) is 5.15. The van der Waals surface area contributed by atoms with Crippen molar-refractivity contribution in [3.05, 3.63) is 42.1 Å². The molecule has 1 fully saturated rings. The number of ether oxygens (including phenoxy) is 1. The van der Waals surface area contributed by atoms with Crippen LogP contribution in [0.4, 0.5) is 0 Å². The number of pyridine rings is 1. The maximum atomic E-state index is 12.5. The second-order valence-electron chi connectivity index (χ2n) is 6.22. The van der Waals surface area contributed by atoms with Crippen molar-refractivity contribution in [2.75, 3.05) is 19.6 Å². The number of hydrogen-bond acceptors (Lipinski definition) is 4. The molecule has 0 aliphatic carbocycles. The van der Waals surface area contributed by atoms with Crippen molar-refractivity contribution >= 4 is 21.1 Å². The zero-order valence-electron chi connectivity index (χ0n) is 14.0. The average molecular weight is 349 g/mol. The molecule has 7 heteroatoms. The first-order valence-electron chi connectivity index (χ1n) is 8.18. The maximum Gasteiger partial charge on any atom is 0.279 e. The van der Waals surface area contributed by atoms with Gasteiger partial charge in [0, 0.05) is 31.2 Å². The van der Waals surface area contributed by atoms with Crippen LogP contribution in [0.3, 0.4) is 0 Å². The Morgan fingerprint density at radius 1 is 1.21 bits per heavy atom. The molecular weight excluding hydrogens is 326 g/mol. The third-order valence-corrected chi connectivity index (χ3v) is 5.67. The van der Waals surface area contributed by atoms with Gasteiger partial charge in [-0.1, -0.05) is 24.3 Å². The van der Waals surface area contributed by atoms with Crippen molar-refractivity contribution in [3.63, 3.8) is 0 Å². The van der Waals surface area contributed by atoms with Gasteiger partial charge in [-0.05, 0) is 31.9 Å². The third kappa shape index (κ3) is 3.92. The highest BCUT2D eigenvalue weighted by Crippen LogP contribution is 2.17. The third-order valence-electron chi connectivity index (χ3n) is 4.12. The van der Waals surface area contributed by atoms with E-state index in [4.69, 9.17) is 4.74 Å². The summed E-state index contributed by atoms with van der Waals surface area (Å²) < 4.78 is 34.7. The van der Waals surface area contributed by atoms with Gasteiger partial charge in [0.1, 0.15) is 0 Å². The summed E-state index contributed by atoms with van der Waals surface area (Å²) in [7, 11) is -3.49. The lowest BCUT2D eigenvalue weighted by atomic mass is 10.1. The van der Waals surface area contributed by atoms with Crippen molar-refractivity contribution in [1.82, 2.24) is 14.0 Å². The normalized spacial score (nSPS) is 22.8. The lowest BCUT2D eigenvalue weighted by Gasteiger charge is -2.34. The minimum atomic E-state index is -3.49. The zero-order valence-corrected chi connectivity index (χ0v) is 14.8. The molecule has 0 radical (unpaired) electrons. The molecule has 1 N–H and O–H groups in total. The van der Waals surface area contributed by atoms with E-state index in [2.05, 4.69) is 9.71 Å². The summed E-state index contributed by atoms with van der Waals surface area (Å²) in [5, 5.41) is 1.06. The van der Waals surface area contributed by atoms with Crippen molar-refractivity contribution < 1.29 is 13.2 Å². The minimum Gasteiger partial charge on any atom is -0.373 e. The Bertz CT molecular complexity index is 794. The number of para-hydroxylation sites is 1. The van der Waals surface area contributed by atoms with Gasteiger partial charge in [-0.2, -0.15) is 12.7 Å². The second kappa shape index (κ2) is 7.14. The van der Waals surface area contributed by atoms with Gasteiger partial charge in [-0.25, -0.2) is 4.72 Å². The molecule has 2 aromatic rings. The monoisotopic (exact) mass is 349 g/mol. The van der Waals surface area contributed by atoms with Crippen molar-refractivity contribution in [3.8, 4) is 0 Å². The molecule has 6 nitrogen and oxygen atoms in total. The molecule has 0 spiro atoms. The quantitative estimate of drug-likeness (QED) is 0.892. The Morgan fingerprint density at radius 2 is 1.92 bits per heavy atom. The van der Waals surface area contributed by atoms with Crippen LogP contribution >= 0.6 is 0 Å². The fourth-order valence-corrected chi connectivity index (χ4v) is 4.46. The SMILES string of the molecule is CC1CN(S(=O)(=O)NCCc2cccc3cccnc23)CC(C)O1. The van der Waals surface area contributed by atoms with Gasteiger partial charge >= 0.3 is 0 Å². The number of rotatable bonds is 5. The van der Waals surface area contributed by atoms with Crippen molar-refractivity contribution in [2.24, 2.45) is 0 Å². The predicted octanol–water partition coefficient (Wildman–Crippen LogP) is 1.72. The lowest BCUT2D eigenvalue weighted by molar-refractivity contribution is -0.0443. The topological polar surface area (TPSA) is 71.5 Å². The molecule has 2 atom stereocenters. The first kappa shape index (κ1) is 17.3. The van der Waals surface area contributed by atoms with Crippen LogP contribution in [0, 0.1) is 0 Å². The number of nitrogens with zero attached hydrogens (tertiary/aromatic N) is 2. The van der Waals surface area contributed by atoms with Gasteiger partial charge in [-0.15, -0.1) is 0 Å². The standard InChI is InChI=1S/C17H23N3O3S/c1-13-11-20(12-14(2)23-13)24(21,22)19-10-8-16-6-3-5-15-7-4-9-18-17(15)16/h3-7,9,13-14,19H,8,10-12H2,1-2H3. The van der Waals surface area contributed by atoms with E-state index in [9.17, 15) is 8.42 Å². The fraction of sp³-hybridized carbons (Fsp3) is 0.471. The minimum absolute atomic E-state index is 0.0902. The van der Waals surface area contributed by atoms with E-state index in [1.165, 1.54) is 4.31 Å². The molecule has 2 heterocycles. The molecule has 2 unspecified atom stereocenters. The molecule has 0 saturated carbocycles. The summed E-state index contributed by atoms with van der Waals surface area (Å²) in [5.41, 5.74) is 1.97. The van der Waals surface area contributed by atoms with Crippen molar-refractivity contribution in [2.45, 2.75) is 32.5 Å². The molecule has 24 heavy (non-hydrogen) atoms. The maximum absolute atomic E-state index is 12.5. The number of fused-ring (bicyclic) bond motifs is 1. The molecule has 0 amide bonds. The number of hydrogen-bond donors (Lipinski definition) is 1. The van der Waals surface area contributed by atoms with Crippen LogP contribution in [0.1, 0.15) is 19.4 Å². The van der Waals surface area contributed by atoms with Gasteiger partial charge in [-0.3, -0.25) is 4.98 Å². The lowest BCUT2D eigenvalue weighted by Crippen LogP contribution is -2.52. The predicted molar refractivity (Wildman–Crippen MR) is 94.0 cm³/mol. The van der Waals surface area contributed by atoms with Crippen LogP contribution in [0.5, 0.6) is 0 Å². The van der Waals surface area contributed by atoms with E-state index in [1.807, 2.05) is 44.2 Å². The number of benzene rings is 1. The highest BCUT2D eigenvalue weighted by molar-refractivity contribution is 7.87. The smallest absolute Gasteiger partial charge is 0.279 e. The number of aromatic nitrogens is 1. The fourth-order valence-electron chi connectivity index (χ4n) is 3.10. The number of morpholine rings is 1. The Labute approximate surface area is 143 Å². The van der Waals surface area contributed by atoms with Gasteiger partial charge in [0.15, 0.2) is 0 Å². The largest absolute Gasteiger partial charge is 0.373 e. The molecule has 0 bridgehead atoms. The molecule has 1 aliphatic rings. The molecule has 3 rings (SSSR count). The van der Waals surface area contributed by atoms with Gasteiger partial charge in [0.25, 0.3) is 10.2 Å².